The number of rotatable bonds is 5. The molecule has 0 bridgehead atoms. The van der Waals surface area contributed by atoms with Crippen molar-refractivity contribution in [2.75, 3.05) is 12.9 Å². The summed E-state index contributed by atoms with van der Waals surface area (Å²) in [5.74, 6) is -1.95. The molecule has 2 rings (SSSR count). The van der Waals surface area contributed by atoms with Gasteiger partial charge in [-0.1, -0.05) is 6.07 Å². The molecule has 21 heavy (non-hydrogen) atoms. The molecule has 1 aromatic carbocycles. The summed E-state index contributed by atoms with van der Waals surface area (Å²) in [5.41, 5.74) is 1.58. The van der Waals surface area contributed by atoms with Gasteiger partial charge in [-0.2, -0.15) is 4.31 Å². The molecule has 8 heteroatoms. The Hall–Kier alpha value is -1.93. The third-order valence-electron chi connectivity index (χ3n) is 3.33. The minimum Gasteiger partial charge on any atom is -0.478 e. The van der Waals surface area contributed by atoms with Gasteiger partial charge in [0, 0.05) is 13.1 Å². The van der Waals surface area contributed by atoms with Gasteiger partial charge in [-0.05, 0) is 23.3 Å². The standard InChI is InChI=1S/C13H15NO6S/c1-20-12(15)4-5-21(18,19)14-7-10-3-2-9(13(16)17)6-11(10)8-14/h2-3,6H,4-5,7-8H2,1H3,(H,16,17). The monoisotopic (exact) mass is 313 g/mol. The zero-order chi connectivity index (χ0) is 15.6. The van der Waals surface area contributed by atoms with Crippen molar-refractivity contribution in [3.8, 4) is 0 Å². The lowest BCUT2D eigenvalue weighted by molar-refractivity contribution is -0.140. The molecule has 1 heterocycles. The molecule has 0 saturated carbocycles. The molecule has 0 atom stereocenters. The first-order valence-electron chi connectivity index (χ1n) is 6.23. The molecule has 0 aliphatic carbocycles. The number of carboxylic acids is 1. The first-order valence-corrected chi connectivity index (χ1v) is 7.84. The molecule has 1 aliphatic rings. The number of fused-ring (bicyclic) bond motifs is 1. The van der Waals surface area contributed by atoms with Crippen LogP contribution >= 0.6 is 0 Å². The van der Waals surface area contributed by atoms with Crippen LogP contribution in [0.2, 0.25) is 0 Å². The van der Waals surface area contributed by atoms with Gasteiger partial charge in [0.2, 0.25) is 10.0 Å². The third-order valence-corrected chi connectivity index (χ3v) is 5.10. The first kappa shape index (κ1) is 15.5. The molecule has 1 aliphatic heterocycles. The van der Waals surface area contributed by atoms with Crippen molar-refractivity contribution >= 4 is 22.0 Å². The van der Waals surface area contributed by atoms with Crippen LogP contribution in [0.15, 0.2) is 18.2 Å². The summed E-state index contributed by atoms with van der Waals surface area (Å²) in [4.78, 5) is 21.9. The summed E-state index contributed by atoms with van der Waals surface area (Å²) >= 11 is 0. The maximum atomic E-state index is 12.1. The van der Waals surface area contributed by atoms with Gasteiger partial charge in [-0.25, -0.2) is 13.2 Å². The van der Waals surface area contributed by atoms with Crippen LogP contribution in [0.25, 0.3) is 0 Å². The van der Waals surface area contributed by atoms with Gasteiger partial charge >= 0.3 is 11.9 Å². The highest BCUT2D eigenvalue weighted by Crippen LogP contribution is 2.26. The molecule has 0 aromatic heterocycles. The largest absolute Gasteiger partial charge is 0.478 e. The molecule has 0 amide bonds. The summed E-state index contributed by atoms with van der Waals surface area (Å²) in [6.07, 6.45) is -0.202. The Bertz CT molecular complexity index is 682. The summed E-state index contributed by atoms with van der Waals surface area (Å²) in [5, 5.41) is 8.93. The lowest BCUT2D eigenvalue weighted by Gasteiger charge is -2.14. The summed E-state index contributed by atoms with van der Waals surface area (Å²) in [7, 11) is -2.38. The van der Waals surface area contributed by atoms with Crippen LogP contribution in [0.1, 0.15) is 27.9 Å². The SMILES string of the molecule is COC(=O)CCS(=O)(=O)N1Cc2ccc(C(=O)O)cc2C1. The van der Waals surface area contributed by atoms with E-state index in [9.17, 15) is 18.0 Å². The van der Waals surface area contributed by atoms with Crippen molar-refractivity contribution in [3.05, 3.63) is 34.9 Å². The van der Waals surface area contributed by atoms with Gasteiger partial charge < -0.3 is 9.84 Å². The predicted molar refractivity (Wildman–Crippen MR) is 73.1 cm³/mol. The van der Waals surface area contributed by atoms with Gasteiger partial charge in [-0.15, -0.1) is 0 Å². The molecule has 1 N–H and O–H groups in total. The fourth-order valence-electron chi connectivity index (χ4n) is 2.14. The molecule has 0 fully saturated rings. The molecule has 0 radical (unpaired) electrons. The highest BCUT2D eigenvalue weighted by atomic mass is 32.2. The molecule has 1 aromatic rings. The van der Waals surface area contributed by atoms with Crippen LogP contribution < -0.4 is 0 Å². The second-order valence-corrected chi connectivity index (χ2v) is 6.79. The molecule has 114 valence electrons. The number of carboxylic acid groups (broad SMARTS) is 1. The predicted octanol–water partition coefficient (Wildman–Crippen LogP) is 0.593. The van der Waals surface area contributed by atoms with E-state index in [2.05, 4.69) is 4.74 Å². The number of hydrogen-bond donors (Lipinski definition) is 1. The minimum atomic E-state index is -3.58. The minimum absolute atomic E-state index is 0.125. The Morgan fingerprint density at radius 3 is 2.57 bits per heavy atom. The Labute approximate surface area is 122 Å². The van der Waals surface area contributed by atoms with Crippen LogP contribution in [0.3, 0.4) is 0 Å². The van der Waals surface area contributed by atoms with E-state index in [0.29, 0.717) is 5.56 Å². The van der Waals surface area contributed by atoms with E-state index >= 15 is 0 Å². The number of carbonyl (C=O) groups excluding carboxylic acids is 1. The summed E-state index contributed by atoms with van der Waals surface area (Å²) < 4.78 is 30.0. The normalized spacial score (nSPS) is 14.7. The van der Waals surface area contributed by atoms with Gasteiger partial charge in [0.15, 0.2) is 0 Å². The Morgan fingerprint density at radius 1 is 1.29 bits per heavy atom. The fraction of sp³-hybridized carbons (Fsp3) is 0.385. The number of sulfonamides is 1. The van der Waals surface area contributed by atoms with Crippen LogP contribution in [0.5, 0.6) is 0 Å². The lowest BCUT2D eigenvalue weighted by atomic mass is 10.1. The number of carbonyl (C=O) groups is 2. The van der Waals surface area contributed by atoms with Crippen LogP contribution in [0.4, 0.5) is 0 Å². The number of hydrogen-bond acceptors (Lipinski definition) is 5. The lowest BCUT2D eigenvalue weighted by Crippen LogP contribution is -2.29. The Kier molecular flexibility index (Phi) is 4.29. The summed E-state index contributed by atoms with van der Waals surface area (Å²) in [6, 6.07) is 4.55. The van der Waals surface area contributed by atoms with Crippen molar-refractivity contribution < 1.29 is 27.9 Å². The third kappa shape index (κ3) is 3.40. The van der Waals surface area contributed by atoms with E-state index in [1.54, 1.807) is 6.07 Å². The molecule has 0 spiro atoms. The highest BCUT2D eigenvalue weighted by molar-refractivity contribution is 7.89. The first-order chi connectivity index (χ1) is 9.83. The number of nitrogens with zero attached hydrogens (tertiary/aromatic N) is 1. The van der Waals surface area contributed by atoms with Crippen LogP contribution in [-0.4, -0.2) is 42.6 Å². The smallest absolute Gasteiger partial charge is 0.335 e. The number of methoxy groups -OCH3 is 1. The molecule has 7 nitrogen and oxygen atoms in total. The van der Waals surface area contributed by atoms with Gasteiger partial charge in [0.1, 0.15) is 0 Å². The Balaban J connectivity index is 2.11. The zero-order valence-corrected chi connectivity index (χ0v) is 12.2. The van der Waals surface area contributed by atoms with Crippen molar-refractivity contribution in [1.29, 1.82) is 0 Å². The topological polar surface area (TPSA) is 101 Å². The average Bonchev–Trinajstić information content (AvgIpc) is 2.88. The quantitative estimate of drug-likeness (QED) is 0.799. The maximum Gasteiger partial charge on any atom is 0.335 e. The molecular formula is C13H15NO6S. The fourth-order valence-corrected chi connectivity index (χ4v) is 3.49. The zero-order valence-electron chi connectivity index (χ0n) is 11.4. The van der Waals surface area contributed by atoms with Crippen LogP contribution in [0, 0.1) is 0 Å². The Morgan fingerprint density at radius 2 is 1.95 bits per heavy atom. The van der Waals surface area contributed by atoms with Crippen molar-refractivity contribution in [1.82, 2.24) is 4.31 Å². The average molecular weight is 313 g/mol. The van der Waals surface area contributed by atoms with Gasteiger partial charge in [0.05, 0.1) is 24.8 Å². The van der Waals surface area contributed by atoms with E-state index < -0.39 is 22.0 Å². The number of aromatic carboxylic acids is 1. The van der Waals surface area contributed by atoms with Crippen LogP contribution in [-0.2, 0) is 32.6 Å². The van der Waals surface area contributed by atoms with E-state index in [4.69, 9.17) is 5.11 Å². The van der Waals surface area contributed by atoms with Crippen molar-refractivity contribution in [2.24, 2.45) is 0 Å². The van der Waals surface area contributed by atoms with Crippen molar-refractivity contribution in [2.45, 2.75) is 19.5 Å². The summed E-state index contributed by atoms with van der Waals surface area (Å²) in [6.45, 7) is 0.318. The maximum absolute atomic E-state index is 12.1. The van der Waals surface area contributed by atoms with E-state index in [-0.39, 0.29) is 30.8 Å². The number of esters is 1. The van der Waals surface area contributed by atoms with Crippen molar-refractivity contribution in [3.63, 3.8) is 0 Å². The van der Waals surface area contributed by atoms with E-state index in [1.807, 2.05) is 0 Å². The number of benzene rings is 1. The molecular weight excluding hydrogens is 298 g/mol. The van der Waals surface area contributed by atoms with E-state index in [1.165, 1.54) is 23.5 Å². The van der Waals surface area contributed by atoms with E-state index in [0.717, 1.165) is 5.56 Å². The molecule has 0 unspecified atom stereocenters. The second kappa shape index (κ2) is 5.82. The highest BCUT2D eigenvalue weighted by Gasteiger charge is 2.30. The van der Waals surface area contributed by atoms with Gasteiger partial charge in [-0.3, -0.25) is 4.79 Å². The number of ether oxygens (including phenoxy) is 1. The second-order valence-electron chi connectivity index (χ2n) is 4.70. The molecule has 0 saturated heterocycles. The van der Waals surface area contributed by atoms with Gasteiger partial charge in [0.25, 0.3) is 0 Å².